The summed E-state index contributed by atoms with van der Waals surface area (Å²) in [5.74, 6) is -3.08. The van der Waals surface area contributed by atoms with E-state index in [-0.39, 0.29) is 12.2 Å². The van der Waals surface area contributed by atoms with Crippen molar-refractivity contribution in [3.8, 4) is 5.75 Å². The van der Waals surface area contributed by atoms with Gasteiger partial charge in [-0.25, -0.2) is 13.2 Å². The number of ether oxygens (including phenoxy) is 1. The molecule has 7 heteroatoms. The zero-order valence-electron chi connectivity index (χ0n) is 15.6. The fraction of sp³-hybridized carbons (Fsp3) is 0.400. The molecule has 1 unspecified atom stereocenters. The summed E-state index contributed by atoms with van der Waals surface area (Å²) in [5.41, 5.74) is 2.87. The van der Waals surface area contributed by atoms with E-state index < -0.39 is 17.7 Å². The predicted octanol–water partition coefficient (Wildman–Crippen LogP) is 4.79. The van der Waals surface area contributed by atoms with Gasteiger partial charge < -0.3 is 9.64 Å². The lowest BCUT2D eigenvalue weighted by Gasteiger charge is -2.26. The molecule has 4 nitrogen and oxygen atoms in total. The number of benzene rings is 1. The number of rotatable bonds is 6. The number of hydrogen-bond donors (Lipinski definition) is 0. The Kier molecular flexibility index (Phi) is 6.82. The predicted molar refractivity (Wildman–Crippen MR) is 103 cm³/mol. The second-order valence-electron chi connectivity index (χ2n) is 6.56. The number of methoxy groups -OCH3 is 1. The van der Waals surface area contributed by atoms with Crippen LogP contribution >= 0.6 is 0 Å². The molecule has 1 aliphatic heterocycles. The van der Waals surface area contributed by atoms with Crippen LogP contribution in [0.4, 0.5) is 13.2 Å². The van der Waals surface area contributed by atoms with Crippen LogP contribution in [0.25, 0.3) is 5.57 Å². The number of nitrogens with zero attached hydrogens (tertiary/aromatic N) is 3. The number of alkyl halides is 2. The molecule has 1 saturated carbocycles. The normalized spacial score (nSPS) is 19.9. The van der Waals surface area contributed by atoms with Gasteiger partial charge in [-0.15, -0.1) is 0 Å². The maximum atomic E-state index is 13.8. The van der Waals surface area contributed by atoms with E-state index in [2.05, 4.69) is 23.6 Å². The Balaban J connectivity index is 0.000000596. The van der Waals surface area contributed by atoms with E-state index in [1.54, 1.807) is 6.07 Å². The van der Waals surface area contributed by atoms with Gasteiger partial charge in [0.1, 0.15) is 0 Å². The molecule has 1 aromatic rings. The minimum Gasteiger partial charge on any atom is -0.494 e. The smallest absolute Gasteiger partial charge is 0.251 e. The van der Waals surface area contributed by atoms with E-state index in [9.17, 15) is 13.2 Å². The molecule has 0 amide bonds. The first-order chi connectivity index (χ1) is 12.8. The van der Waals surface area contributed by atoms with Gasteiger partial charge in [-0.2, -0.15) is 10.2 Å². The topological polar surface area (TPSA) is 37.2 Å². The first-order valence-electron chi connectivity index (χ1n) is 8.57. The van der Waals surface area contributed by atoms with Crippen LogP contribution < -0.4 is 4.74 Å². The minimum absolute atomic E-state index is 0.0236. The average Bonchev–Trinajstić information content (AvgIpc) is 3.27. The van der Waals surface area contributed by atoms with Gasteiger partial charge in [0.05, 0.1) is 7.11 Å². The molecule has 1 aliphatic carbocycles. The molecule has 0 saturated heterocycles. The molecule has 1 fully saturated rings. The molecule has 0 aromatic heterocycles. The van der Waals surface area contributed by atoms with Crippen molar-refractivity contribution in [1.82, 2.24) is 4.90 Å². The Labute approximate surface area is 157 Å². The lowest BCUT2D eigenvalue weighted by molar-refractivity contribution is 0.0953. The quantitative estimate of drug-likeness (QED) is 0.527. The Hall–Kier alpha value is -2.57. The summed E-state index contributed by atoms with van der Waals surface area (Å²) in [4.78, 5) is 2.03. The molecule has 0 radical (unpaired) electrons. The highest BCUT2D eigenvalue weighted by atomic mass is 19.3. The zero-order valence-corrected chi connectivity index (χ0v) is 15.6. The van der Waals surface area contributed by atoms with Crippen LogP contribution in [0.2, 0.25) is 0 Å². The summed E-state index contributed by atoms with van der Waals surface area (Å²) in [6.07, 6.45) is 4.36. The largest absolute Gasteiger partial charge is 0.494 e. The number of halogens is 3. The fourth-order valence-electron chi connectivity index (χ4n) is 3.00. The first kappa shape index (κ1) is 20.7. The van der Waals surface area contributed by atoms with E-state index in [1.165, 1.54) is 13.2 Å². The molecule has 1 atom stereocenters. The summed E-state index contributed by atoms with van der Waals surface area (Å²) in [6, 6.07) is 4.90. The van der Waals surface area contributed by atoms with Gasteiger partial charge in [0, 0.05) is 38.9 Å². The standard InChI is InChI=1S/C18H20F3NO.C2H4N2/c1-12-11-22(7-5-14-10-18(14,20)21)8-6-15(12)13-3-4-17(23-2)16(19)9-13;1-3-4-2/h3-4,6,8-9,14H,5,7,10-11H2,1-2H3;1-2H2. The van der Waals surface area contributed by atoms with E-state index in [1.807, 2.05) is 30.2 Å². The van der Waals surface area contributed by atoms with Crippen molar-refractivity contribution in [2.24, 2.45) is 16.1 Å². The third-order valence-corrected chi connectivity index (χ3v) is 4.64. The van der Waals surface area contributed by atoms with Crippen LogP contribution in [0.1, 0.15) is 25.3 Å². The summed E-state index contributed by atoms with van der Waals surface area (Å²) in [7, 11) is 1.43. The highest BCUT2D eigenvalue weighted by Gasteiger charge is 2.56. The van der Waals surface area contributed by atoms with E-state index in [4.69, 9.17) is 4.74 Å². The van der Waals surface area contributed by atoms with Gasteiger partial charge in [-0.3, -0.25) is 0 Å². The summed E-state index contributed by atoms with van der Waals surface area (Å²) < 4.78 is 44.6. The zero-order chi connectivity index (χ0) is 20.0. The second kappa shape index (κ2) is 8.88. The average molecular weight is 379 g/mol. The van der Waals surface area contributed by atoms with Gasteiger partial charge >= 0.3 is 0 Å². The highest BCUT2D eigenvalue weighted by molar-refractivity contribution is 5.77. The minimum atomic E-state index is -2.45. The summed E-state index contributed by atoms with van der Waals surface area (Å²) in [6.45, 7) is 9.29. The molecule has 0 N–H and O–H groups in total. The third-order valence-electron chi connectivity index (χ3n) is 4.64. The van der Waals surface area contributed by atoms with E-state index in [0.29, 0.717) is 19.5 Å². The molecule has 1 heterocycles. The van der Waals surface area contributed by atoms with Crippen molar-refractivity contribution in [1.29, 1.82) is 0 Å². The Bertz CT molecular complexity index is 753. The molecular weight excluding hydrogens is 355 g/mol. The second-order valence-corrected chi connectivity index (χ2v) is 6.56. The lowest BCUT2D eigenvalue weighted by atomic mass is 9.98. The lowest BCUT2D eigenvalue weighted by Crippen LogP contribution is -2.24. The molecule has 27 heavy (non-hydrogen) atoms. The van der Waals surface area contributed by atoms with Gasteiger partial charge in [-0.1, -0.05) is 6.07 Å². The van der Waals surface area contributed by atoms with Gasteiger partial charge in [0.25, 0.3) is 5.92 Å². The molecular formula is C20H24F3N3O. The molecule has 0 spiro atoms. The van der Waals surface area contributed by atoms with Crippen molar-refractivity contribution in [2.75, 3.05) is 20.2 Å². The Morgan fingerprint density at radius 3 is 2.44 bits per heavy atom. The van der Waals surface area contributed by atoms with Crippen LogP contribution in [0.3, 0.4) is 0 Å². The van der Waals surface area contributed by atoms with Crippen LogP contribution in [0, 0.1) is 11.7 Å². The molecule has 2 aliphatic rings. The van der Waals surface area contributed by atoms with Crippen LogP contribution in [0.5, 0.6) is 5.75 Å². The van der Waals surface area contributed by atoms with E-state index >= 15 is 0 Å². The van der Waals surface area contributed by atoms with Crippen molar-refractivity contribution >= 4 is 19.0 Å². The summed E-state index contributed by atoms with van der Waals surface area (Å²) >= 11 is 0. The Morgan fingerprint density at radius 1 is 1.30 bits per heavy atom. The molecule has 1 aromatic carbocycles. The monoisotopic (exact) mass is 379 g/mol. The maximum Gasteiger partial charge on any atom is 0.251 e. The SMILES string of the molecule is C=NN=C.COc1ccc(C2=C(C)CN(CCC3CC3(F)F)C=C2)cc1F. The maximum absolute atomic E-state index is 13.8. The van der Waals surface area contributed by atoms with Gasteiger partial charge in [0.2, 0.25) is 0 Å². The highest BCUT2D eigenvalue weighted by Crippen LogP contribution is 2.50. The van der Waals surface area contributed by atoms with Crippen molar-refractivity contribution < 1.29 is 17.9 Å². The number of allylic oxidation sites excluding steroid dienone is 2. The summed E-state index contributed by atoms with van der Waals surface area (Å²) in [5, 5.41) is 6.00. The van der Waals surface area contributed by atoms with Crippen molar-refractivity contribution in [2.45, 2.75) is 25.7 Å². The fourth-order valence-corrected chi connectivity index (χ4v) is 3.00. The molecule has 3 rings (SSSR count). The molecule has 0 bridgehead atoms. The first-order valence-corrected chi connectivity index (χ1v) is 8.57. The van der Waals surface area contributed by atoms with E-state index in [0.717, 1.165) is 16.7 Å². The third kappa shape index (κ3) is 5.45. The number of hydrogen-bond acceptors (Lipinski definition) is 4. The van der Waals surface area contributed by atoms with Gasteiger partial charge in [0.15, 0.2) is 11.6 Å². The molecule has 146 valence electrons. The van der Waals surface area contributed by atoms with Crippen LogP contribution in [-0.4, -0.2) is 44.5 Å². The van der Waals surface area contributed by atoms with Crippen molar-refractivity contribution in [3.63, 3.8) is 0 Å². The van der Waals surface area contributed by atoms with Crippen molar-refractivity contribution in [3.05, 3.63) is 47.4 Å². The van der Waals surface area contributed by atoms with Crippen LogP contribution in [-0.2, 0) is 0 Å². The van der Waals surface area contributed by atoms with Crippen LogP contribution in [0.15, 0.2) is 46.3 Å². The Morgan fingerprint density at radius 2 is 1.96 bits per heavy atom. The van der Waals surface area contributed by atoms with Gasteiger partial charge in [-0.05, 0) is 54.5 Å².